The van der Waals surface area contributed by atoms with Crippen molar-refractivity contribution in [1.29, 1.82) is 0 Å². The molecule has 12 heteroatoms. The molecule has 0 bridgehead atoms. The minimum Gasteiger partial charge on any atom is -0.479 e. The van der Waals surface area contributed by atoms with Crippen molar-refractivity contribution in [1.82, 2.24) is 5.32 Å². The van der Waals surface area contributed by atoms with Gasteiger partial charge in [0.05, 0.1) is 5.56 Å². The maximum absolute atomic E-state index is 12.6. The van der Waals surface area contributed by atoms with Crippen LogP contribution in [0.25, 0.3) is 0 Å². The number of carbonyl (C=O) groups excluding carboxylic acids is 2. The van der Waals surface area contributed by atoms with Crippen molar-refractivity contribution >= 4 is 46.7 Å². The number of hydrogen-bond donors (Lipinski definition) is 1. The zero-order valence-corrected chi connectivity index (χ0v) is 18.0. The predicted octanol–water partition coefficient (Wildman–Crippen LogP) is 5.25. The second-order valence-corrected chi connectivity index (χ2v) is 8.25. The molecule has 1 atom stereocenters. The molecule has 0 heterocycles. The molecule has 0 saturated carbocycles. The Bertz CT molecular complexity index is 900. The molecule has 2 rings (SSSR count). The molecule has 1 amide bonds. The Morgan fingerprint density at radius 2 is 1.42 bits per heavy atom. The largest absolute Gasteiger partial charge is 0.479 e. The highest BCUT2D eigenvalue weighted by Crippen LogP contribution is 2.31. The van der Waals surface area contributed by atoms with Gasteiger partial charge in [0.15, 0.2) is 12.8 Å². The number of halogens is 6. The van der Waals surface area contributed by atoms with Crippen LogP contribution in [0, 0.1) is 0 Å². The third kappa shape index (κ3) is 8.01. The number of esters is 1. The van der Waals surface area contributed by atoms with Crippen molar-refractivity contribution in [2.75, 3.05) is 6.73 Å². The minimum absolute atomic E-state index is 0.218. The monoisotopic (exact) mass is 499 g/mol. The summed E-state index contributed by atoms with van der Waals surface area (Å²) in [6.07, 6.45) is -5.45. The smallest absolute Gasteiger partial charge is 0.416 e. The molecule has 0 saturated heterocycles. The fourth-order valence-corrected chi connectivity index (χ4v) is 2.28. The number of amides is 1. The van der Waals surface area contributed by atoms with Crippen LogP contribution in [-0.4, -0.2) is 28.5 Å². The number of ether oxygens (including phenoxy) is 3. The normalized spacial score (nSPS) is 12.6. The number of rotatable bonds is 7. The topological polar surface area (TPSA) is 73.9 Å². The highest BCUT2D eigenvalue weighted by atomic mass is 35.6. The van der Waals surface area contributed by atoms with E-state index < -0.39 is 40.2 Å². The van der Waals surface area contributed by atoms with Crippen LogP contribution in [-0.2, 0) is 20.5 Å². The molecular weight excluding hydrogens is 486 g/mol. The van der Waals surface area contributed by atoms with Gasteiger partial charge in [0, 0.05) is 0 Å². The summed E-state index contributed by atoms with van der Waals surface area (Å²) in [5.74, 6) is -0.876. The number of nitrogens with one attached hydrogen (secondary N) is 1. The van der Waals surface area contributed by atoms with E-state index in [1.165, 1.54) is 43.3 Å². The van der Waals surface area contributed by atoms with Gasteiger partial charge in [-0.3, -0.25) is 4.79 Å². The minimum atomic E-state index is -4.43. The van der Waals surface area contributed by atoms with Crippen molar-refractivity contribution in [3.63, 3.8) is 0 Å². The first-order valence-corrected chi connectivity index (χ1v) is 9.63. The van der Waals surface area contributed by atoms with E-state index in [4.69, 9.17) is 49.0 Å². The average Bonchev–Trinajstić information content (AvgIpc) is 2.68. The molecule has 168 valence electrons. The van der Waals surface area contributed by atoms with Crippen molar-refractivity contribution < 1.29 is 37.0 Å². The quantitative estimate of drug-likeness (QED) is 0.319. The van der Waals surface area contributed by atoms with Crippen molar-refractivity contribution in [2.45, 2.75) is 23.0 Å². The summed E-state index contributed by atoms with van der Waals surface area (Å²) in [6.45, 7) is 0.908. The molecule has 0 radical (unpaired) electrons. The van der Waals surface area contributed by atoms with E-state index in [1.54, 1.807) is 0 Å². The molecule has 0 aromatic heterocycles. The summed E-state index contributed by atoms with van der Waals surface area (Å²) < 4.78 is 51.2. The lowest BCUT2D eigenvalue weighted by Gasteiger charge is -2.16. The molecule has 0 spiro atoms. The standard InChI is InChI=1S/C19H15Cl3F3NO5/c1-11(16(27)29-10-26-17(28)18(20,21)22)30-13-6-8-15(9-7-13)31-14-4-2-12(3-5-14)19(23,24)25/h2-9,11H,10H2,1H3,(H,26,28)/t11-/m1/s1. The van der Waals surface area contributed by atoms with Gasteiger partial charge in [-0.05, 0) is 55.5 Å². The lowest BCUT2D eigenvalue weighted by molar-refractivity contribution is -0.152. The van der Waals surface area contributed by atoms with E-state index >= 15 is 0 Å². The molecule has 2 aromatic rings. The highest BCUT2D eigenvalue weighted by Gasteiger charge is 2.31. The molecular formula is C19H15Cl3F3NO5. The number of alkyl halides is 6. The highest BCUT2D eigenvalue weighted by molar-refractivity contribution is 6.76. The van der Waals surface area contributed by atoms with Crippen LogP contribution < -0.4 is 14.8 Å². The number of hydrogen-bond acceptors (Lipinski definition) is 5. The molecule has 0 aliphatic carbocycles. The van der Waals surface area contributed by atoms with E-state index in [-0.39, 0.29) is 5.75 Å². The number of benzene rings is 2. The van der Waals surface area contributed by atoms with E-state index in [2.05, 4.69) is 5.32 Å². The molecule has 0 aliphatic rings. The van der Waals surface area contributed by atoms with Crippen molar-refractivity contribution in [3.8, 4) is 17.2 Å². The first-order valence-electron chi connectivity index (χ1n) is 8.50. The summed E-state index contributed by atoms with van der Waals surface area (Å²) in [5.41, 5.74) is -0.781. The van der Waals surface area contributed by atoms with Crippen LogP contribution in [0.4, 0.5) is 13.2 Å². The Morgan fingerprint density at radius 3 is 1.90 bits per heavy atom. The maximum Gasteiger partial charge on any atom is 0.416 e. The third-order valence-corrected chi connectivity index (χ3v) is 4.11. The zero-order valence-electron chi connectivity index (χ0n) is 15.7. The fraction of sp³-hybridized carbons (Fsp3) is 0.263. The summed E-state index contributed by atoms with van der Waals surface area (Å²) in [7, 11) is 0. The molecule has 6 nitrogen and oxygen atoms in total. The first-order chi connectivity index (χ1) is 14.4. The molecule has 0 fully saturated rings. The third-order valence-electron chi connectivity index (χ3n) is 3.59. The maximum atomic E-state index is 12.6. The van der Waals surface area contributed by atoms with Gasteiger partial charge in [-0.15, -0.1) is 0 Å². The molecule has 1 N–H and O–H groups in total. The fourth-order valence-electron chi connectivity index (χ4n) is 2.08. The summed E-state index contributed by atoms with van der Waals surface area (Å²) in [5, 5.41) is 2.10. The average molecular weight is 501 g/mol. The van der Waals surface area contributed by atoms with Gasteiger partial charge in [-0.1, -0.05) is 34.8 Å². The zero-order chi connectivity index (χ0) is 23.2. The van der Waals surface area contributed by atoms with E-state index in [9.17, 15) is 22.8 Å². The predicted molar refractivity (Wildman–Crippen MR) is 107 cm³/mol. The Kier molecular flexibility index (Phi) is 8.27. The van der Waals surface area contributed by atoms with Crippen molar-refractivity contribution in [2.24, 2.45) is 0 Å². The lowest BCUT2D eigenvalue weighted by Crippen LogP contribution is -2.38. The molecule has 0 aliphatic heterocycles. The van der Waals surface area contributed by atoms with Crippen LogP contribution in [0.15, 0.2) is 48.5 Å². The lowest BCUT2D eigenvalue weighted by atomic mass is 10.2. The summed E-state index contributed by atoms with van der Waals surface area (Å²) in [6, 6.07) is 10.2. The van der Waals surface area contributed by atoms with Gasteiger partial charge in [-0.2, -0.15) is 13.2 Å². The SMILES string of the molecule is C[C@@H](Oc1ccc(Oc2ccc(C(F)(F)F)cc2)cc1)C(=O)OCNC(=O)C(Cl)(Cl)Cl. The van der Waals surface area contributed by atoms with E-state index in [1.807, 2.05) is 0 Å². The van der Waals surface area contributed by atoms with Gasteiger partial charge in [0.25, 0.3) is 9.70 Å². The molecule has 31 heavy (non-hydrogen) atoms. The summed E-state index contributed by atoms with van der Waals surface area (Å²) in [4.78, 5) is 23.2. The Morgan fingerprint density at radius 1 is 0.935 bits per heavy atom. The Hall–Kier alpha value is -2.36. The van der Waals surface area contributed by atoms with Crippen LogP contribution in [0.1, 0.15) is 12.5 Å². The van der Waals surface area contributed by atoms with Crippen LogP contribution in [0.5, 0.6) is 17.2 Å². The molecule has 0 unspecified atom stereocenters. The van der Waals surface area contributed by atoms with Gasteiger partial charge >= 0.3 is 12.1 Å². The van der Waals surface area contributed by atoms with Crippen LogP contribution >= 0.6 is 34.8 Å². The first kappa shape index (κ1) is 24.9. The number of carbonyl (C=O) groups is 2. The van der Waals surface area contributed by atoms with Gasteiger partial charge in [0.2, 0.25) is 0 Å². The van der Waals surface area contributed by atoms with E-state index in [0.29, 0.717) is 11.5 Å². The Balaban J connectivity index is 1.84. The van der Waals surface area contributed by atoms with Gasteiger partial charge < -0.3 is 19.5 Å². The van der Waals surface area contributed by atoms with Crippen LogP contribution in [0.2, 0.25) is 0 Å². The Labute approximate surface area is 190 Å². The van der Waals surface area contributed by atoms with Crippen LogP contribution in [0.3, 0.4) is 0 Å². The molecule has 2 aromatic carbocycles. The van der Waals surface area contributed by atoms with Gasteiger partial charge in [-0.25, -0.2) is 4.79 Å². The second-order valence-electron chi connectivity index (χ2n) is 5.97. The van der Waals surface area contributed by atoms with Crippen molar-refractivity contribution in [3.05, 3.63) is 54.1 Å². The second kappa shape index (κ2) is 10.3. The van der Waals surface area contributed by atoms with Gasteiger partial charge in [0.1, 0.15) is 17.2 Å². The summed E-state index contributed by atoms with van der Waals surface area (Å²) >= 11 is 16.1. The van der Waals surface area contributed by atoms with E-state index in [0.717, 1.165) is 12.1 Å².